The third-order valence-corrected chi connectivity index (χ3v) is 8.16. The predicted molar refractivity (Wildman–Crippen MR) is 132 cm³/mol. The summed E-state index contributed by atoms with van der Waals surface area (Å²) in [6.45, 7) is 3.56. The second-order valence-electron chi connectivity index (χ2n) is 8.51. The Morgan fingerprint density at radius 2 is 1.92 bits per heavy atom. The van der Waals surface area contributed by atoms with Crippen molar-refractivity contribution in [2.45, 2.75) is 62.2 Å². The molecule has 36 heavy (non-hydrogen) atoms. The molecule has 1 aliphatic heterocycles. The summed E-state index contributed by atoms with van der Waals surface area (Å²) in [5.74, 6) is -0.653. The highest BCUT2D eigenvalue weighted by atomic mass is 32.2. The average Bonchev–Trinajstić information content (AvgIpc) is 3.48. The molecular weight excluding hydrogens is 511 g/mol. The summed E-state index contributed by atoms with van der Waals surface area (Å²) >= 11 is 0.682. The van der Waals surface area contributed by atoms with Crippen LogP contribution in [0.4, 0.5) is 9.52 Å². The fourth-order valence-corrected chi connectivity index (χ4v) is 5.94. The van der Waals surface area contributed by atoms with Gasteiger partial charge in [-0.25, -0.2) is 18.1 Å². The second kappa shape index (κ2) is 12.2. The van der Waals surface area contributed by atoms with Gasteiger partial charge in [0.1, 0.15) is 6.10 Å². The first-order valence-corrected chi connectivity index (χ1v) is 14.1. The van der Waals surface area contributed by atoms with Crippen LogP contribution in [0.25, 0.3) is 0 Å². The van der Waals surface area contributed by atoms with E-state index in [4.69, 9.17) is 14.3 Å². The molecule has 1 saturated heterocycles. The molecule has 1 aliphatic carbocycles. The Kier molecular flexibility index (Phi) is 9.01. The maximum absolute atomic E-state index is 13.3. The highest BCUT2D eigenvalue weighted by molar-refractivity contribution is 7.89. The summed E-state index contributed by atoms with van der Waals surface area (Å²) in [6.07, 6.45) is 4.30. The standard InChI is InChI=1S/C23H29FN4O6S2/c1-2-33-17-5-6-18(13-17)34-27-21(22(29)26-23-25-14-20(24)35-23)15-3-7-19(8-4-15)36(30,31)28-16-9-11-32-12-10-16/h3-4,7-8,14,16-18,28H,2,5-6,9-13H2,1H3,(H,25,26,29)/t17-,18-/m1/s1. The molecule has 1 saturated carbocycles. The second-order valence-corrected chi connectivity index (χ2v) is 11.2. The van der Waals surface area contributed by atoms with Crippen LogP contribution in [0, 0.1) is 5.13 Å². The number of thiazole rings is 1. The Balaban J connectivity index is 1.51. The summed E-state index contributed by atoms with van der Waals surface area (Å²) in [5.41, 5.74) is 0.265. The van der Waals surface area contributed by atoms with Gasteiger partial charge >= 0.3 is 0 Å². The quantitative estimate of drug-likeness (QED) is 0.350. The Morgan fingerprint density at radius 3 is 2.58 bits per heavy atom. The number of carbonyl (C=O) groups is 1. The first kappa shape index (κ1) is 26.6. The average molecular weight is 541 g/mol. The maximum atomic E-state index is 13.3. The van der Waals surface area contributed by atoms with Crippen molar-refractivity contribution in [3.63, 3.8) is 0 Å². The number of nitrogens with zero attached hydrogens (tertiary/aromatic N) is 2. The van der Waals surface area contributed by atoms with Crippen LogP contribution in [0.3, 0.4) is 0 Å². The SMILES string of the molecule is CCO[C@@H]1CC[C@@H](ON=C(C(=O)Nc2ncc(F)s2)c2ccc(S(=O)(=O)NC3CCOCC3)cc2)C1. The topological polar surface area (TPSA) is 128 Å². The molecule has 2 N–H and O–H groups in total. The molecule has 0 spiro atoms. The van der Waals surface area contributed by atoms with E-state index < -0.39 is 21.1 Å². The fourth-order valence-electron chi connectivity index (χ4n) is 4.10. The van der Waals surface area contributed by atoms with E-state index in [1.54, 1.807) is 0 Å². The molecule has 2 aliphatic rings. The zero-order valence-corrected chi connectivity index (χ0v) is 21.4. The van der Waals surface area contributed by atoms with Gasteiger partial charge in [0.15, 0.2) is 16.0 Å². The van der Waals surface area contributed by atoms with Gasteiger partial charge in [0.05, 0.1) is 17.2 Å². The number of halogens is 1. The third kappa shape index (κ3) is 7.07. The minimum absolute atomic E-state index is 0.0655. The van der Waals surface area contributed by atoms with E-state index in [2.05, 4.69) is 20.2 Å². The molecule has 13 heteroatoms. The molecule has 0 unspecified atom stereocenters. The number of anilines is 1. The van der Waals surface area contributed by atoms with Gasteiger partial charge in [-0.3, -0.25) is 10.1 Å². The van der Waals surface area contributed by atoms with E-state index >= 15 is 0 Å². The van der Waals surface area contributed by atoms with Crippen LogP contribution in [0.5, 0.6) is 0 Å². The number of amides is 1. The normalized spacial score (nSPS) is 21.4. The number of rotatable bonds is 10. The van der Waals surface area contributed by atoms with Gasteiger partial charge in [0.25, 0.3) is 5.91 Å². The molecule has 2 atom stereocenters. The lowest BCUT2D eigenvalue weighted by molar-refractivity contribution is -0.110. The number of ether oxygens (including phenoxy) is 2. The summed E-state index contributed by atoms with van der Waals surface area (Å²) < 4.78 is 52.6. The number of sulfonamides is 1. The molecule has 10 nitrogen and oxygen atoms in total. The number of hydrogen-bond donors (Lipinski definition) is 2. The zero-order valence-electron chi connectivity index (χ0n) is 19.8. The maximum Gasteiger partial charge on any atom is 0.280 e. The van der Waals surface area contributed by atoms with Crippen LogP contribution in [0.2, 0.25) is 0 Å². The number of hydrogen-bond acceptors (Lipinski definition) is 9. The van der Waals surface area contributed by atoms with Gasteiger partial charge in [0, 0.05) is 37.8 Å². The minimum atomic E-state index is -3.75. The van der Waals surface area contributed by atoms with Gasteiger partial charge in [-0.2, -0.15) is 4.39 Å². The molecule has 1 amide bonds. The molecule has 2 fully saturated rings. The van der Waals surface area contributed by atoms with E-state index in [9.17, 15) is 17.6 Å². The van der Waals surface area contributed by atoms with E-state index in [1.165, 1.54) is 24.3 Å². The Labute approximate surface area is 213 Å². The van der Waals surface area contributed by atoms with Crippen molar-refractivity contribution in [3.05, 3.63) is 41.2 Å². The van der Waals surface area contributed by atoms with Crippen LogP contribution in [0.1, 0.15) is 44.6 Å². The Hall–Kier alpha value is -2.45. The van der Waals surface area contributed by atoms with E-state index in [0.717, 1.165) is 19.0 Å². The van der Waals surface area contributed by atoms with Crippen LogP contribution in [-0.4, -0.2) is 63.1 Å². The van der Waals surface area contributed by atoms with Gasteiger partial charge in [-0.1, -0.05) is 28.6 Å². The zero-order chi connectivity index (χ0) is 25.5. The molecule has 1 aromatic carbocycles. The summed E-state index contributed by atoms with van der Waals surface area (Å²) in [7, 11) is -3.75. The number of carbonyl (C=O) groups excluding carboxylic acids is 1. The number of aromatic nitrogens is 1. The molecule has 2 heterocycles. The molecule has 0 radical (unpaired) electrons. The lowest BCUT2D eigenvalue weighted by Gasteiger charge is -2.23. The largest absolute Gasteiger partial charge is 0.392 e. The summed E-state index contributed by atoms with van der Waals surface area (Å²) in [4.78, 5) is 22.5. The van der Waals surface area contributed by atoms with Crippen LogP contribution in [0.15, 0.2) is 40.5 Å². The van der Waals surface area contributed by atoms with Crippen molar-refractivity contribution in [1.82, 2.24) is 9.71 Å². The molecule has 1 aromatic heterocycles. The van der Waals surface area contributed by atoms with Crippen molar-refractivity contribution in [3.8, 4) is 0 Å². The van der Waals surface area contributed by atoms with Gasteiger partial charge in [-0.15, -0.1) is 0 Å². The Bertz CT molecular complexity index is 1170. The fraction of sp³-hybridized carbons (Fsp3) is 0.522. The van der Waals surface area contributed by atoms with Gasteiger partial charge in [0.2, 0.25) is 10.0 Å². The first-order valence-electron chi connectivity index (χ1n) is 11.8. The van der Waals surface area contributed by atoms with Crippen molar-refractivity contribution in [1.29, 1.82) is 0 Å². The van der Waals surface area contributed by atoms with Crippen LogP contribution in [-0.2, 0) is 29.1 Å². The monoisotopic (exact) mass is 540 g/mol. The molecule has 4 rings (SSSR count). The molecule has 196 valence electrons. The number of oxime groups is 1. The van der Waals surface area contributed by atoms with Gasteiger partial charge < -0.3 is 14.3 Å². The van der Waals surface area contributed by atoms with E-state index in [1.807, 2.05) is 6.92 Å². The first-order chi connectivity index (χ1) is 17.3. The van der Waals surface area contributed by atoms with Crippen molar-refractivity contribution < 1.29 is 31.9 Å². The lowest BCUT2D eigenvalue weighted by atomic mass is 10.1. The highest BCUT2D eigenvalue weighted by Crippen LogP contribution is 2.25. The number of benzene rings is 1. The van der Waals surface area contributed by atoms with Crippen molar-refractivity contribution >= 4 is 38.1 Å². The van der Waals surface area contributed by atoms with Crippen molar-refractivity contribution in [2.75, 3.05) is 25.1 Å². The van der Waals surface area contributed by atoms with Crippen LogP contribution >= 0.6 is 11.3 Å². The van der Waals surface area contributed by atoms with Gasteiger partial charge in [-0.05, 0) is 44.7 Å². The molecular formula is C23H29FN4O6S2. The smallest absolute Gasteiger partial charge is 0.280 e. The van der Waals surface area contributed by atoms with E-state index in [0.29, 0.717) is 56.0 Å². The summed E-state index contributed by atoms with van der Waals surface area (Å²) in [6, 6.07) is 5.60. The number of nitrogens with one attached hydrogen (secondary N) is 2. The Morgan fingerprint density at radius 1 is 1.19 bits per heavy atom. The molecule has 0 bridgehead atoms. The molecule has 2 aromatic rings. The van der Waals surface area contributed by atoms with E-state index in [-0.39, 0.29) is 34.0 Å². The van der Waals surface area contributed by atoms with Crippen molar-refractivity contribution in [2.24, 2.45) is 5.16 Å². The highest BCUT2D eigenvalue weighted by Gasteiger charge is 2.28. The van der Waals surface area contributed by atoms with Crippen LogP contribution < -0.4 is 10.0 Å². The predicted octanol–water partition coefficient (Wildman–Crippen LogP) is 3.06. The lowest BCUT2D eigenvalue weighted by Crippen LogP contribution is -2.38. The minimum Gasteiger partial charge on any atom is -0.392 e. The third-order valence-electron chi connectivity index (χ3n) is 5.93. The summed E-state index contributed by atoms with van der Waals surface area (Å²) in [5, 5.41) is 6.16.